The molecule has 2 N–H and O–H groups in total. The van der Waals surface area contributed by atoms with Crippen molar-refractivity contribution in [3.8, 4) is 5.75 Å². The third-order valence-electron chi connectivity index (χ3n) is 5.65. The lowest BCUT2D eigenvalue weighted by Crippen LogP contribution is -2.47. The van der Waals surface area contributed by atoms with E-state index in [-0.39, 0.29) is 0 Å². The molecule has 1 saturated heterocycles. The smallest absolute Gasteiger partial charge is 0.119 e. The van der Waals surface area contributed by atoms with Gasteiger partial charge in [-0.3, -0.25) is 9.80 Å². The number of methoxy groups -OCH3 is 1. The van der Waals surface area contributed by atoms with Crippen LogP contribution >= 0.6 is 0 Å². The van der Waals surface area contributed by atoms with Gasteiger partial charge in [-0.15, -0.1) is 0 Å². The molecule has 1 atom stereocenters. The number of rotatable bonds is 7. The molecule has 2 heterocycles. The van der Waals surface area contributed by atoms with Gasteiger partial charge in [0.25, 0.3) is 0 Å². The van der Waals surface area contributed by atoms with Crippen LogP contribution in [0.2, 0.25) is 0 Å². The van der Waals surface area contributed by atoms with E-state index in [0.717, 1.165) is 54.9 Å². The average molecular weight is 392 g/mol. The van der Waals surface area contributed by atoms with E-state index in [1.54, 1.807) is 7.11 Å². The number of aliphatic hydroxyl groups is 1. The molecule has 2 aromatic carbocycles. The highest BCUT2D eigenvalue weighted by Crippen LogP contribution is 2.28. The van der Waals surface area contributed by atoms with Gasteiger partial charge in [-0.25, -0.2) is 0 Å². The Balaban J connectivity index is 1.29. The van der Waals surface area contributed by atoms with E-state index in [4.69, 9.17) is 4.74 Å². The van der Waals surface area contributed by atoms with Crippen molar-refractivity contribution in [3.63, 3.8) is 0 Å². The lowest BCUT2D eigenvalue weighted by molar-refractivity contribution is 0.0770. The van der Waals surface area contributed by atoms with E-state index in [1.807, 2.05) is 30.5 Å². The average Bonchev–Trinajstić information content (AvgIpc) is 3.19. The topological polar surface area (TPSA) is 51.7 Å². The van der Waals surface area contributed by atoms with E-state index in [0.29, 0.717) is 6.54 Å². The summed E-state index contributed by atoms with van der Waals surface area (Å²) in [7, 11) is 1.67. The zero-order valence-electron chi connectivity index (χ0n) is 16.9. The highest BCUT2D eigenvalue weighted by Gasteiger charge is 2.21. The van der Waals surface area contributed by atoms with E-state index in [1.165, 1.54) is 5.56 Å². The molecule has 152 valence electrons. The predicted molar refractivity (Wildman–Crippen MR) is 118 cm³/mol. The lowest BCUT2D eigenvalue weighted by atomic mass is 10.1. The number of β-amino-alcohol motifs (C(OH)–C–C–N with tert-alkyl or cyclic N) is 1. The minimum atomic E-state index is -0.514. The summed E-state index contributed by atoms with van der Waals surface area (Å²) in [6.45, 7) is 5.61. The molecule has 1 aliphatic heterocycles. The number of nitrogens with one attached hydrogen (secondary N) is 1. The summed E-state index contributed by atoms with van der Waals surface area (Å²) in [4.78, 5) is 8.06. The van der Waals surface area contributed by atoms with E-state index < -0.39 is 6.10 Å². The highest BCUT2D eigenvalue weighted by atomic mass is 16.5. The third kappa shape index (κ3) is 4.88. The SMILES string of the molecule is COc1ccc2[nH]cc(C(O)CN3CCN(CC=Cc4ccccc4)CC3)c2c1. The maximum atomic E-state index is 10.8. The number of aromatic amines is 1. The van der Waals surface area contributed by atoms with Crippen molar-refractivity contribution in [1.82, 2.24) is 14.8 Å². The molecule has 1 aromatic heterocycles. The zero-order chi connectivity index (χ0) is 20.1. The van der Waals surface area contributed by atoms with Gasteiger partial charge in [-0.05, 0) is 23.8 Å². The number of piperazine rings is 1. The normalized spacial score (nSPS) is 17.2. The number of fused-ring (bicyclic) bond motifs is 1. The largest absolute Gasteiger partial charge is 0.497 e. The second kappa shape index (κ2) is 9.27. The molecule has 4 rings (SSSR count). The standard InChI is InChI=1S/C24H29N3O2/c1-29-20-9-10-23-21(16-20)22(17-25-23)24(28)18-27-14-12-26(13-15-27)11-5-8-19-6-3-2-4-7-19/h2-10,16-17,24-25,28H,11-15,18H2,1H3. The number of hydrogen-bond acceptors (Lipinski definition) is 4. The lowest BCUT2D eigenvalue weighted by Gasteiger charge is -2.35. The maximum Gasteiger partial charge on any atom is 0.119 e. The maximum absolute atomic E-state index is 10.8. The van der Waals surface area contributed by atoms with Crippen molar-refractivity contribution in [1.29, 1.82) is 0 Å². The van der Waals surface area contributed by atoms with Crippen LogP contribution in [0, 0.1) is 0 Å². The van der Waals surface area contributed by atoms with Gasteiger partial charge in [-0.2, -0.15) is 0 Å². The number of hydrogen-bond donors (Lipinski definition) is 2. The molecule has 1 fully saturated rings. The van der Waals surface area contributed by atoms with Crippen LogP contribution in [-0.4, -0.2) is 66.3 Å². The first-order chi connectivity index (χ1) is 14.2. The van der Waals surface area contributed by atoms with Crippen LogP contribution in [-0.2, 0) is 0 Å². The Morgan fingerprint density at radius 1 is 1.07 bits per heavy atom. The first kappa shape index (κ1) is 19.7. The van der Waals surface area contributed by atoms with Gasteiger partial charge >= 0.3 is 0 Å². The molecular formula is C24H29N3O2. The number of ether oxygens (including phenoxy) is 1. The molecule has 3 aromatic rings. The molecule has 0 spiro atoms. The summed E-state index contributed by atoms with van der Waals surface area (Å²) < 4.78 is 5.33. The molecule has 29 heavy (non-hydrogen) atoms. The van der Waals surface area contributed by atoms with Crippen LogP contribution in [0.1, 0.15) is 17.2 Å². The van der Waals surface area contributed by atoms with Crippen molar-refractivity contribution in [2.75, 3.05) is 46.4 Å². The second-order valence-corrected chi connectivity index (χ2v) is 7.59. The molecule has 5 nitrogen and oxygen atoms in total. The Kier molecular flexibility index (Phi) is 6.30. The highest BCUT2D eigenvalue weighted by molar-refractivity contribution is 5.85. The number of aliphatic hydroxyl groups excluding tert-OH is 1. The quantitative estimate of drug-likeness (QED) is 0.647. The van der Waals surface area contributed by atoms with Crippen molar-refractivity contribution in [2.45, 2.75) is 6.10 Å². The van der Waals surface area contributed by atoms with Crippen LogP contribution in [0.3, 0.4) is 0 Å². The van der Waals surface area contributed by atoms with Crippen molar-refractivity contribution in [3.05, 3.63) is 71.9 Å². The van der Waals surface area contributed by atoms with Gasteiger partial charge in [0.15, 0.2) is 0 Å². The van der Waals surface area contributed by atoms with Crippen molar-refractivity contribution in [2.24, 2.45) is 0 Å². The van der Waals surface area contributed by atoms with Crippen LogP contribution in [0.25, 0.3) is 17.0 Å². The Hall–Kier alpha value is -2.60. The molecule has 0 bridgehead atoms. The van der Waals surface area contributed by atoms with Gasteiger partial charge < -0.3 is 14.8 Å². The van der Waals surface area contributed by atoms with E-state index in [2.05, 4.69) is 51.2 Å². The summed E-state index contributed by atoms with van der Waals surface area (Å²) in [5.41, 5.74) is 3.20. The molecule has 0 amide bonds. The molecule has 0 aliphatic carbocycles. The molecule has 5 heteroatoms. The number of nitrogens with zero attached hydrogens (tertiary/aromatic N) is 2. The van der Waals surface area contributed by atoms with Gasteiger partial charge in [-0.1, -0.05) is 42.5 Å². The summed E-state index contributed by atoms with van der Waals surface area (Å²) in [5, 5.41) is 11.9. The van der Waals surface area contributed by atoms with E-state index >= 15 is 0 Å². The Morgan fingerprint density at radius 3 is 2.59 bits per heavy atom. The number of aromatic nitrogens is 1. The van der Waals surface area contributed by atoms with Crippen molar-refractivity contribution >= 4 is 17.0 Å². The first-order valence-electron chi connectivity index (χ1n) is 10.2. The summed E-state index contributed by atoms with van der Waals surface area (Å²) in [6.07, 6.45) is 5.82. The summed E-state index contributed by atoms with van der Waals surface area (Å²) >= 11 is 0. The Morgan fingerprint density at radius 2 is 1.83 bits per heavy atom. The Bertz CT molecular complexity index is 943. The van der Waals surface area contributed by atoms with Crippen LogP contribution < -0.4 is 4.74 Å². The van der Waals surface area contributed by atoms with Crippen LogP contribution in [0.4, 0.5) is 0 Å². The summed E-state index contributed by atoms with van der Waals surface area (Å²) in [5.74, 6) is 0.808. The monoisotopic (exact) mass is 391 g/mol. The minimum absolute atomic E-state index is 0.514. The zero-order valence-corrected chi connectivity index (χ0v) is 16.9. The fourth-order valence-electron chi connectivity index (χ4n) is 3.92. The molecule has 0 saturated carbocycles. The van der Waals surface area contributed by atoms with Crippen LogP contribution in [0.15, 0.2) is 60.8 Å². The number of benzene rings is 2. The molecule has 0 radical (unpaired) electrons. The van der Waals surface area contributed by atoms with Crippen molar-refractivity contribution < 1.29 is 9.84 Å². The van der Waals surface area contributed by atoms with Gasteiger partial charge in [0.1, 0.15) is 5.75 Å². The summed E-state index contributed by atoms with van der Waals surface area (Å²) in [6, 6.07) is 16.3. The minimum Gasteiger partial charge on any atom is -0.497 e. The molecule has 1 aliphatic rings. The van der Waals surface area contributed by atoms with Gasteiger partial charge in [0.05, 0.1) is 13.2 Å². The number of H-pyrrole nitrogens is 1. The fraction of sp³-hybridized carbons (Fsp3) is 0.333. The fourth-order valence-corrected chi connectivity index (χ4v) is 3.92. The molecular weight excluding hydrogens is 362 g/mol. The van der Waals surface area contributed by atoms with Gasteiger partial charge in [0.2, 0.25) is 0 Å². The Labute approximate surface area is 172 Å². The van der Waals surface area contributed by atoms with Gasteiger partial charge in [0, 0.05) is 61.9 Å². The second-order valence-electron chi connectivity index (χ2n) is 7.59. The molecule has 1 unspecified atom stereocenters. The third-order valence-corrected chi connectivity index (χ3v) is 5.65. The predicted octanol–water partition coefficient (Wildman–Crippen LogP) is 3.54. The first-order valence-corrected chi connectivity index (χ1v) is 10.2. The van der Waals surface area contributed by atoms with Crippen LogP contribution in [0.5, 0.6) is 5.75 Å². The van der Waals surface area contributed by atoms with E-state index in [9.17, 15) is 5.11 Å².